The minimum Gasteiger partial charge on any atom is -0.478 e. The molecule has 0 saturated heterocycles. The third-order valence-corrected chi connectivity index (χ3v) is 3.94. The second kappa shape index (κ2) is 7.76. The number of hydrogen-bond acceptors (Lipinski definition) is 2. The third kappa shape index (κ3) is 4.18. The Balaban J connectivity index is 2.26. The van der Waals surface area contributed by atoms with E-state index >= 15 is 0 Å². The first-order valence-corrected chi connectivity index (χ1v) is 7.74. The summed E-state index contributed by atoms with van der Waals surface area (Å²) in [4.78, 5) is 11.2. The van der Waals surface area contributed by atoms with Crippen molar-refractivity contribution in [1.82, 2.24) is 5.32 Å². The van der Waals surface area contributed by atoms with Gasteiger partial charge in [0.2, 0.25) is 0 Å². The van der Waals surface area contributed by atoms with Crippen LogP contribution < -0.4 is 5.32 Å². The highest BCUT2D eigenvalue weighted by molar-refractivity contribution is 5.89. The number of aromatic carboxylic acids is 1. The maximum absolute atomic E-state index is 11.2. The molecule has 1 unspecified atom stereocenters. The van der Waals surface area contributed by atoms with Crippen LogP contribution in [-0.4, -0.2) is 17.6 Å². The first-order valence-electron chi connectivity index (χ1n) is 7.74. The van der Waals surface area contributed by atoms with Crippen LogP contribution in [0.1, 0.15) is 36.2 Å². The lowest BCUT2D eigenvalue weighted by atomic mass is 9.97. The topological polar surface area (TPSA) is 49.3 Å². The molecule has 0 aromatic heterocycles. The van der Waals surface area contributed by atoms with Crippen molar-refractivity contribution in [3.63, 3.8) is 0 Å². The first kappa shape index (κ1) is 16.2. The molecule has 0 aliphatic carbocycles. The normalized spacial score (nSPS) is 12.1. The lowest BCUT2D eigenvalue weighted by Crippen LogP contribution is -2.20. The zero-order valence-electron chi connectivity index (χ0n) is 13.2. The molecule has 0 bridgehead atoms. The summed E-state index contributed by atoms with van der Waals surface area (Å²) in [7, 11) is 0. The van der Waals surface area contributed by atoms with Crippen LogP contribution in [0, 0.1) is 5.92 Å². The summed E-state index contributed by atoms with van der Waals surface area (Å²) in [5.41, 5.74) is 3.55. The van der Waals surface area contributed by atoms with Crippen LogP contribution in [0.5, 0.6) is 0 Å². The molecule has 0 amide bonds. The molecule has 3 nitrogen and oxygen atoms in total. The van der Waals surface area contributed by atoms with E-state index in [0.29, 0.717) is 18.0 Å². The zero-order valence-corrected chi connectivity index (χ0v) is 13.2. The Bertz CT molecular complexity index is 623. The average molecular weight is 297 g/mol. The Morgan fingerprint density at radius 2 is 1.91 bits per heavy atom. The average Bonchev–Trinajstić information content (AvgIpc) is 2.55. The summed E-state index contributed by atoms with van der Waals surface area (Å²) in [6, 6.07) is 15.4. The maximum atomic E-state index is 11.2. The van der Waals surface area contributed by atoms with Gasteiger partial charge in [0.25, 0.3) is 0 Å². The van der Waals surface area contributed by atoms with Gasteiger partial charge >= 0.3 is 5.97 Å². The van der Waals surface area contributed by atoms with Crippen molar-refractivity contribution >= 4 is 5.97 Å². The Hall–Kier alpha value is -2.13. The van der Waals surface area contributed by atoms with E-state index < -0.39 is 5.97 Å². The van der Waals surface area contributed by atoms with Gasteiger partial charge in [-0.1, -0.05) is 56.7 Å². The zero-order chi connectivity index (χ0) is 15.9. The van der Waals surface area contributed by atoms with Gasteiger partial charge in [-0.15, -0.1) is 0 Å². The van der Waals surface area contributed by atoms with Crippen LogP contribution in [0.4, 0.5) is 0 Å². The molecule has 2 rings (SSSR count). The molecule has 116 valence electrons. The quantitative estimate of drug-likeness (QED) is 0.805. The van der Waals surface area contributed by atoms with Crippen molar-refractivity contribution in [3.05, 3.63) is 59.7 Å². The van der Waals surface area contributed by atoms with Gasteiger partial charge in [0.05, 0.1) is 5.56 Å². The van der Waals surface area contributed by atoms with Gasteiger partial charge in [-0.2, -0.15) is 0 Å². The van der Waals surface area contributed by atoms with Gasteiger partial charge in [-0.05, 0) is 41.3 Å². The third-order valence-electron chi connectivity index (χ3n) is 3.94. The van der Waals surface area contributed by atoms with E-state index in [1.165, 1.54) is 0 Å². The predicted molar refractivity (Wildman–Crippen MR) is 90.0 cm³/mol. The van der Waals surface area contributed by atoms with Gasteiger partial charge in [0, 0.05) is 6.54 Å². The largest absolute Gasteiger partial charge is 0.478 e. The molecule has 0 fully saturated rings. The lowest BCUT2D eigenvalue weighted by Gasteiger charge is -2.14. The number of carboxylic acids is 1. The van der Waals surface area contributed by atoms with Crippen LogP contribution in [-0.2, 0) is 6.54 Å². The molecule has 0 aliphatic heterocycles. The van der Waals surface area contributed by atoms with E-state index in [4.69, 9.17) is 0 Å². The van der Waals surface area contributed by atoms with Crippen molar-refractivity contribution < 1.29 is 9.90 Å². The lowest BCUT2D eigenvalue weighted by molar-refractivity contribution is 0.0697. The van der Waals surface area contributed by atoms with Crippen molar-refractivity contribution in [2.75, 3.05) is 6.54 Å². The van der Waals surface area contributed by atoms with Crippen molar-refractivity contribution in [2.45, 2.75) is 26.8 Å². The molecule has 1 atom stereocenters. The molecule has 2 aromatic carbocycles. The molecule has 0 heterocycles. The van der Waals surface area contributed by atoms with Gasteiger partial charge < -0.3 is 10.4 Å². The van der Waals surface area contributed by atoms with Gasteiger partial charge in [-0.25, -0.2) is 4.79 Å². The molecular formula is C19H23NO2. The molecule has 2 aromatic rings. The highest BCUT2D eigenvalue weighted by atomic mass is 16.4. The second-order valence-corrected chi connectivity index (χ2v) is 5.69. The van der Waals surface area contributed by atoms with Gasteiger partial charge in [-0.3, -0.25) is 0 Å². The van der Waals surface area contributed by atoms with E-state index in [-0.39, 0.29) is 0 Å². The van der Waals surface area contributed by atoms with Gasteiger partial charge in [0.1, 0.15) is 0 Å². The van der Waals surface area contributed by atoms with Crippen molar-refractivity contribution in [1.29, 1.82) is 0 Å². The Morgan fingerprint density at radius 1 is 1.18 bits per heavy atom. The molecule has 0 saturated carbocycles. The van der Waals surface area contributed by atoms with Crippen LogP contribution in [0.3, 0.4) is 0 Å². The second-order valence-electron chi connectivity index (χ2n) is 5.69. The fourth-order valence-corrected chi connectivity index (χ4v) is 2.37. The van der Waals surface area contributed by atoms with Crippen LogP contribution >= 0.6 is 0 Å². The van der Waals surface area contributed by atoms with Crippen LogP contribution in [0.25, 0.3) is 11.1 Å². The summed E-state index contributed by atoms with van der Waals surface area (Å²) < 4.78 is 0. The fourth-order valence-electron chi connectivity index (χ4n) is 2.37. The molecule has 2 N–H and O–H groups in total. The number of hydrogen-bond donors (Lipinski definition) is 2. The highest BCUT2D eigenvalue weighted by Crippen LogP contribution is 2.25. The molecule has 0 aliphatic rings. The monoisotopic (exact) mass is 297 g/mol. The molecule has 22 heavy (non-hydrogen) atoms. The molecular weight excluding hydrogens is 274 g/mol. The number of carbonyl (C=O) groups is 1. The minimum atomic E-state index is -0.886. The Kier molecular flexibility index (Phi) is 5.73. The minimum absolute atomic E-state index is 0.333. The number of nitrogens with one attached hydrogen (secondary N) is 1. The highest BCUT2D eigenvalue weighted by Gasteiger charge is 2.10. The van der Waals surface area contributed by atoms with E-state index in [2.05, 4.69) is 19.2 Å². The SMILES string of the molecule is CCC(C)CNCc1cc(C(=O)O)ccc1-c1ccccc1. The molecule has 0 spiro atoms. The molecule has 3 heteroatoms. The summed E-state index contributed by atoms with van der Waals surface area (Å²) in [6.07, 6.45) is 1.13. The number of carboxylic acid groups (broad SMARTS) is 1. The number of benzene rings is 2. The Morgan fingerprint density at radius 3 is 2.55 bits per heavy atom. The van der Waals surface area contributed by atoms with E-state index in [1.54, 1.807) is 12.1 Å². The van der Waals surface area contributed by atoms with Crippen LogP contribution in [0.2, 0.25) is 0 Å². The fraction of sp³-hybridized carbons (Fsp3) is 0.316. The van der Waals surface area contributed by atoms with Crippen molar-refractivity contribution in [3.8, 4) is 11.1 Å². The maximum Gasteiger partial charge on any atom is 0.335 e. The molecule has 0 radical (unpaired) electrons. The smallest absolute Gasteiger partial charge is 0.335 e. The standard InChI is InChI=1S/C19H23NO2/c1-3-14(2)12-20-13-17-11-16(19(21)22)9-10-18(17)15-7-5-4-6-8-15/h4-11,14,20H,3,12-13H2,1-2H3,(H,21,22). The summed E-state index contributed by atoms with van der Waals surface area (Å²) in [5.74, 6) is -0.273. The number of rotatable bonds is 7. The van der Waals surface area contributed by atoms with E-state index in [1.807, 2.05) is 36.4 Å². The van der Waals surface area contributed by atoms with Gasteiger partial charge in [0.15, 0.2) is 0 Å². The van der Waals surface area contributed by atoms with E-state index in [9.17, 15) is 9.90 Å². The first-order chi connectivity index (χ1) is 10.6. The predicted octanol–water partition coefficient (Wildman–Crippen LogP) is 4.19. The van der Waals surface area contributed by atoms with E-state index in [0.717, 1.165) is 29.7 Å². The summed E-state index contributed by atoms with van der Waals surface area (Å²) in [6.45, 7) is 5.99. The summed E-state index contributed by atoms with van der Waals surface area (Å²) >= 11 is 0. The van der Waals surface area contributed by atoms with Crippen molar-refractivity contribution in [2.24, 2.45) is 5.92 Å². The Labute approximate surface area is 132 Å². The summed E-state index contributed by atoms with van der Waals surface area (Å²) in [5, 5.41) is 12.6. The van der Waals surface area contributed by atoms with Crippen LogP contribution in [0.15, 0.2) is 48.5 Å².